The molecule has 0 unspecified atom stereocenters. The molecule has 130 valence electrons. The Hall–Kier alpha value is -3.13. The summed E-state index contributed by atoms with van der Waals surface area (Å²) in [5.41, 5.74) is 1.69. The molecule has 0 aliphatic carbocycles. The highest BCUT2D eigenvalue weighted by molar-refractivity contribution is 7.16. The molecule has 4 rings (SSSR count). The molecule has 7 nitrogen and oxygen atoms in total. The quantitative estimate of drug-likeness (QED) is 0.555. The highest BCUT2D eigenvalue weighted by Crippen LogP contribution is 2.15. The van der Waals surface area contributed by atoms with Crippen molar-refractivity contribution in [1.29, 1.82) is 0 Å². The van der Waals surface area contributed by atoms with E-state index in [2.05, 4.69) is 20.1 Å². The fraction of sp³-hybridized carbons (Fsp3) is 0.167. The van der Waals surface area contributed by atoms with Gasteiger partial charge < -0.3 is 9.09 Å². The smallest absolute Gasteiger partial charge is 0.248 e. The van der Waals surface area contributed by atoms with E-state index < -0.39 is 0 Å². The fourth-order valence-corrected chi connectivity index (χ4v) is 3.56. The summed E-state index contributed by atoms with van der Waals surface area (Å²) in [6.07, 6.45) is 2.22. The molecule has 26 heavy (non-hydrogen) atoms. The minimum absolute atomic E-state index is 0.206. The van der Waals surface area contributed by atoms with Gasteiger partial charge in [0.15, 0.2) is 4.80 Å². The van der Waals surface area contributed by atoms with Gasteiger partial charge in [0.1, 0.15) is 5.69 Å². The third kappa shape index (κ3) is 3.31. The van der Waals surface area contributed by atoms with E-state index in [1.165, 1.54) is 11.3 Å². The first-order valence-electron chi connectivity index (χ1n) is 8.07. The van der Waals surface area contributed by atoms with Gasteiger partial charge in [0.25, 0.3) is 0 Å². The van der Waals surface area contributed by atoms with E-state index in [-0.39, 0.29) is 12.3 Å². The molecule has 0 spiro atoms. The Morgan fingerprint density at radius 2 is 2.08 bits per heavy atom. The van der Waals surface area contributed by atoms with Gasteiger partial charge in [-0.3, -0.25) is 9.78 Å². The van der Waals surface area contributed by atoms with Gasteiger partial charge in [0.2, 0.25) is 17.6 Å². The van der Waals surface area contributed by atoms with Crippen molar-refractivity contribution < 1.29 is 9.32 Å². The molecule has 0 saturated carbocycles. The van der Waals surface area contributed by atoms with Crippen molar-refractivity contribution in [2.45, 2.75) is 12.8 Å². The van der Waals surface area contributed by atoms with Crippen molar-refractivity contribution in [3.05, 3.63) is 59.4 Å². The molecule has 8 heteroatoms. The number of carbonyl (C=O) groups is 1. The van der Waals surface area contributed by atoms with Gasteiger partial charge >= 0.3 is 0 Å². The van der Waals surface area contributed by atoms with E-state index >= 15 is 0 Å². The molecule has 4 aromatic rings. The Morgan fingerprint density at radius 3 is 2.88 bits per heavy atom. The summed E-state index contributed by atoms with van der Waals surface area (Å²) in [5, 5.41) is 3.90. The predicted octanol–water partition coefficient (Wildman–Crippen LogP) is 2.74. The molecule has 0 atom stereocenters. The number of hydrogen-bond acceptors (Lipinski definition) is 6. The van der Waals surface area contributed by atoms with Gasteiger partial charge in [-0.1, -0.05) is 34.7 Å². The molecule has 3 aromatic heterocycles. The number of pyridine rings is 1. The van der Waals surface area contributed by atoms with Crippen molar-refractivity contribution in [2.75, 3.05) is 0 Å². The average molecular weight is 365 g/mol. The van der Waals surface area contributed by atoms with E-state index in [0.717, 1.165) is 10.2 Å². The van der Waals surface area contributed by atoms with Gasteiger partial charge in [0.05, 0.1) is 10.2 Å². The lowest BCUT2D eigenvalue weighted by Gasteiger charge is -1.94. The number of aromatic nitrogens is 4. The first-order chi connectivity index (χ1) is 12.7. The molecule has 0 aliphatic rings. The van der Waals surface area contributed by atoms with Gasteiger partial charge in [-0.2, -0.15) is 9.98 Å². The van der Waals surface area contributed by atoms with Crippen LogP contribution in [-0.4, -0.2) is 25.6 Å². The van der Waals surface area contributed by atoms with Crippen molar-refractivity contribution in [3.63, 3.8) is 0 Å². The maximum atomic E-state index is 12.2. The number of aryl methyl sites for hydroxylation is 2. The zero-order valence-corrected chi connectivity index (χ0v) is 14.8. The first kappa shape index (κ1) is 16.3. The van der Waals surface area contributed by atoms with Crippen molar-refractivity contribution >= 4 is 27.5 Å². The zero-order chi connectivity index (χ0) is 17.9. The third-order valence-corrected chi connectivity index (χ3v) is 4.96. The summed E-state index contributed by atoms with van der Waals surface area (Å²) in [4.78, 5) is 25.6. The van der Waals surface area contributed by atoms with E-state index in [1.54, 1.807) is 12.3 Å². The van der Waals surface area contributed by atoms with Gasteiger partial charge in [-0.15, -0.1) is 0 Å². The van der Waals surface area contributed by atoms with Crippen LogP contribution < -0.4 is 4.80 Å². The van der Waals surface area contributed by atoms with Crippen LogP contribution in [0.3, 0.4) is 0 Å². The fourth-order valence-electron chi connectivity index (χ4n) is 2.52. The summed E-state index contributed by atoms with van der Waals surface area (Å²) in [7, 11) is 1.90. The Bertz CT molecular complexity index is 1130. The van der Waals surface area contributed by atoms with Crippen LogP contribution >= 0.6 is 11.3 Å². The second kappa shape index (κ2) is 7.01. The van der Waals surface area contributed by atoms with Crippen LogP contribution in [-0.2, 0) is 18.3 Å². The van der Waals surface area contributed by atoms with Crippen LogP contribution in [0.1, 0.15) is 12.3 Å². The van der Waals surface area contributed by atoms with Crippen LogP contribution in [0.25, 0.3) is 21.7 Å². The Morgan fingerprint density at radius 1 is 1.23 bits per heavy atom. The summed E-state index contributed by atoms with van der Waals surface area (Å²) >= 11 is 1.49. The highest BCUT2D eigenvalue weighted by atomic mass is 32.1. The number of carbonyl (C=O) groups excluding carboxylic acids is 1. The summed E-state index contributed by atoms with van der Waals surface area (Å²) in [6.45, 7) is 0. The van der Waals surface area contributed by atoms with Gasteiger partial charge in [-0.05, 0) is 24.3 Å². The normalized spacial score (nSPS) is 12.0. The molecular weight excluding hydrogens is 350 g/mol. The molecule has 0 fully saturated rings. The van der Waals surface area contributed by atoms with Crippen molar-refractivity contribution in [1.82, 2.24) is 19.7 Å². The van der Waals surface area contributed by atoms with Crippen LogP contribution in [0.2, 0.25) is 0 Å². The Labute approximate surface area is 152 Å². The van der Waals surface area contributed by atoms with Crippen molar-refractivity contribution in [3.8, 4) is 11.5 Å². The third-order valence-electron chi connectivity index (χ3n) is 3.85. The minimum Gasteiger partial charge on any atom is -0.339 e. The SMILES string of the molecule is Cn1c(=NC(=O)CCc2nc(-c3ccccn3)no2)sc2ccccc21. The maximum absolute atomic E-state index is 12.2. The number of amides is 1. The molecule has 0 radical (unpaired) electrons. The van der Waals surface area contributed by atoms with Gasteiger partial charge in [0, 0.05) is 26.1 Å². The minimum atomic E-state index is -0.218. The molecule has 0 N–H and O–H groups in total. The lowest BCUT2D eigenvalue weighted by Crippen LogP contribution is -2.13. The number of fused-ring (bicyclic) bond motifs is 1. The predicted molar refractivity (Wildman–Crippen MR) is 97.2 cm³/mol. The van der Waals surface area contributed by atoms with Crippen LogP contribution in [0.15, 0.2) is 58.2 Å². The first-order valence-corrected chi connectivity index (χ1v) is 8.88. The Balaban J connectivity index is 1.47. The average Bonchev–Trinajstić information content (AvgIpc) is 3.27. The molecule has 1 amide bonds. The van der Waals surface area contributed by atoms with E-state index in [1.807, 2.05) is 48.0 Å². The molecule has 0 aliphatic heterocycles. The largest absolute Gasteiger partial charge is 0.339 e. The molecule has 0 saturated heterocycles. The topological polar surface area (TPSA) is 86.2 Å². The summed E-state index contributed by atoms with van der Waals surface area (Å²) in [6, 6.07) is 13.4. The number of para-hydroxylation sites is 1. The number of benzene rings is 1. The second-order valence-electron chi connectivity index (χ2n) is 5.64. The van der Waals surface area contributed by atoms with E-state index in [0.29, 0.717) is 28.6 Å². The summed E-state index contributed by atoms with van der Waals surface area (Å²) < 4.78 is 8.21. The Kier molecular flexibility index (Phi) is 4.40. The standard InChI is InChI=1S/C18H15N5O2S/c1-23-13-7-2-3-8-14(13)26-18(23)20-15(24)9-10-16-21-17(22-25-16)12-6-4-5-11-19-12/h2-8,11H,9-10H2,1H3. The number of nitrogens with zero attached hydrogens (tertiary/aromatic N) is 5. The monoisotopic (exact) mass is 365 g/mol. The lowest BCUT2D eigenvalue weighted by atomic mass is 10.3. The van der Waals surface area contributed by atoms with Crippen molar-refractivity contribution in [2.24, 2.45) is 12.0 Å². The molecule has 1 aromatic carbocycles. The molecule has 3 heterocycles. The molecule has 0 bridgehead atoms. The van der Waals surface area contributed by atoms with Crippen LogP contribution in [0, 0.1) is 0 Å². The van der Waals surface area contributed by atoms with Crippen LogP contribution in [0.5, 0.6) is 0 Å². The van der Waals surface area contributed by atoms with Crippen LogP contribution in [0.4, 0.5) is 0 Å². The molecular formula is C18H15N5O2S. The number of hydrogen-bond donors (Lipinski definition) is 0. The number of rotatable bonds is 4. The number of thiazole rings is 1. The van der Waals surface area contributed by atoms with E-state index in [4.69, 9.17) is 4.52 Å². The van der Waals surface area contributed by atoms with E-state index in [9.17, 15) is 4.79 Å². The zero-order valence-electron chi connectivity index (χ0n) is 14.0. The second-order valence-corrected chi connectivity index (χ2v) is 6.65. The van der Waals surface area contributed by atoms with Gasteiger partial charge in [-0.25, -0.2) is 0 Å². The summed E-state index contributed by atoms with van der Waals surface area (Å²) in [5.74, 6) is 0.598. The highest BCUT2D eigenvalue weighted by Gasteiger charge is 2.11. The lowest BCUT2D eigenvalue weighted by molar-refractivity contribution is -0.118. The maximum Gasteiger partial charge on any atom is 0.248 e.